The third kappa shape index (κ3) is 6.58. The van der Waals surface area contributed by atoms with Gasteiger partial charge in [-0.2, -0.15) is 4.98 Å². The Bertz CT molecular complexity index is 1500. The second-order valence-corrected chi connectivity index (χ2v) is 12.2. The summed E-state index contributed by atoms with van der Waals surface area (Å²) in [5.74, 6) is 1.36. The van der Waals surface area contributed by atoms with Gasteiger partial charge in [0, 0.05) is 42.2 Å². The highest BCUT2D eigenvalue weighted by Gasteiger charge is 2.25. The van der Waals surface area contributed by atoms with Crippen LogP contribution < -0.4 is 20.9 Å². The summed E-state index contributed by atoms with van der Waals surface area (Å²) in [4.78, 5) is 28.8. The average molecular weight is 569 g/mol. The van der Waals surface area contributed by atoms with Crippen LogP contribution in [0.25, 0.3) is 11.2 Å². The normalized spacial score (nSPS) is 16.5. The van der Waals surface area contributed by atoms with Crippen molar-refractivity contribution in [1.82, 2.24) is 24.8 Å². The Kier molecular flexibility index (Phi) is 7.86. The Morgan fingerprint density at radius 1 is 0.881 bits per heavy atom. The summed E-state index contributed by atoms with van der Waals surface area (Å²) in [6.45, 7) is 7.38. The average Bonchev–Trinajstić information content (AvgIpc) is 3.61. The molecule has 2 fully saturated rings. The first-order valence-electron chi connectivity index (χ1n) is 15.0. The molecule has 0 radical (unpaired) electrons. The standard InChI is InChI=1S/C32H40N8O2/c1-32(2,3)42-31(41)36-24-17-19-39(20-18-24)25-15-13-23(14-16-25)34-29-33-21-27-28(38-29)40(26-11-7-8-12-26)30(37-27)35-22-9-5-4-6-10-22/h4-6,9-10,13-16,21,24,26H,7-8,11-12,17-20H2,1-3H3,(H,35,37)(H,36,41)(H,33,34,38). The number of amides is 1. The molecule has 4 aromatic rings. The van der Waals surface area contributed by atoms with E-state index in [1.165, 1.54) is 12.8 Å². The third-order valence-corrected chi connectivity index (χ3v) is 7.86. The van der Waals surface area contributed by atoms with E-state index in [2.05, 4.69) is 54.7 Å². The molecule has 6 rings (SSSR count). The van der Waals surface area contributed by atoms with E-state index in [4.69, 9.17) is 14.7 Å². The van der Waals surface area contributed by atoms with Crippen LogP contribution in [0.3, 0.4) is 0 Å². The number of nitrogens with zero attached hydrogens (tertiary/aromatic N) is 5. The number of ether oxygens (including phenoxy) is 1. The molecule has 10 heteroatoms. The van der Waals surface area contributed by atoms with E-state index in [0.717, 1.165) is 72.9 Å². The van der Waals surface area contributed by atoms with Crippen molar-refractivity contribution < 1.29 is 9.53 Å². The molecule has 2 aromatic heterocycles. The largest absolute Gasteiger partial charge is 0.444 e. The van der Waals surface area contributed by atoms with Crippen LogP contribution in [0.4, 0.5) is 33.8 Å². The number of hydrogen-bond donors (Lipinski definition) is 3. The van der Waals surface area contributed by atoms with Crippen molar-refractivity contribution in [2.24, 2.45) is 0 Å². The summed E-state index contributed by atoms with van der Waals surface area (Å²) in [5, 5.41) is 9.89. The fourth-order valence-electron chi connectivity index (χ4n) is 5.84. The van der Waals surface area contributed by atoms with E-state index in [9.17, 15) is 4.79 Å². The first-order valence-corrected chi connectivity index (χ1v) is 15.0. The number of piperidine rings is 1. The van der Waals surface area contributed by atoms with Gasteiger partial charge < -0.3 is 25.6 Å². The lowest BCUT2D eigenvalue weighted by Crippen LogP contribution is -2.46. The van der Waals surface area contributed by atoms with E-state index >= 15 is 0 Å². The molecule has 0 spiro atoms. The number of fused-ring (bicyclic) bond motifs is 1. The van der Waals surface area contributed by atoms with E-state index in [1.807, 2.05) is 51.1 Å². The van der Waals surface area contributed by atoms with Crippen molar-refractivity contribution in [1.29, 1.82) is 0 Å². The van der Waals surface area contributed by atoms with Gasteiger partial charge in [0.15, 0.2) is 5.65 Å². The number of nitrogens with one attached hydrogen (secondary N) is 3. The minimum atomic E-state index is -0.489. The fraction of sp³-hybridized carbons (Fsp3) is 0.438. The summed E-state index contributed by atoms with van der Waals surface area (Å²) in [5.41, 5.74) is 4.22. The number of carbonyl (C=O) groups excluding carboxylic acids is 1. The lowest BCUT2D eigenvalue weighted by molar-refractivity contribution is 0.0497. The summed E-state index contributed by atoms with van der Waals surface area (Å²) in [6, 6.07) is 19.0. The highest BCUT2D eigenvalue weighted by atomic mass is 16.6. The molecular weight excluding hydrogens is 528 g/mol. The van der Waals surface area contributed by atoms with E-state index in [0.29, 0.717) is 12.0 Å². The molecule has 2 aromatic carbocycles. The number of carbonyl (C=O) groups is 1. The number of para-hydroxylation sites is 1. The van der Waals surface area contributed by atoms with Gasteiger partial charge in [-0.3, -0.25) is 4.57 Å². The van der Waals surface area contributed by atoms with E-state index < -0.39 is 5.60 Å². The zero-order valence-electron chi connectivity index (χ0n) is 24.6. The van der Waals surface area contributed by atoms with Crippen molar-refractivity contribution in [2.75, 3.05) is 28.6 Å². The molecule has 1 saturated carbocycles. The highest BCUT2D eigenvalue weighted by molar-refractivity contribution is 5.77. The van der Waals surface area contributed by atoms with Crippen LogP contribution in [0, 0.1) is 0 Å². The summed E-state index contributed by atoms with van der Waals surface area (Å²) < 4.78 is 7.66. The Morgan fingerprint density at radius 3 is 2.26 bits per heavy atom. The molecular formula is C32H40N8O2. The van der Waals surface area contributed by atoms with Crippen molar-refractivity contribution in [3.05, 3.63) is 60.8 Å². The minimum absolute atomic E-state index is 0.130. The maximum atomic E-state index is 12.1. The first-order chi connectivity index (χ1) is 20.3. The molecule has 3 heterocycles. The number of aromatic nitrogens is 4. The third-order valence-electron chi connectivity index (χ3n) is 7.86. The van der Waals surface area contributed by atoms with Crippen LogP contribution in [0.1, 0.15) is 65.3 Å². The van der Waals surface area contributed by atoms with Crippen molar-refractivity contribution in [3.63, 3.8) is 0 Å². The topological polar surface area (TPSA) is 109 Å². The molecule has 1 aliphatic carbocycles. The fourth-order valence-corrected chi connectivity index (χ4v) is 5.84. The van der Waals surface area contributed by atoms with Crippen molar-refractivity contribution in [3.8, 4) is 0 Å². The molecule has 220 valence electrons. The Morgan fingerprint density at radius 2 is 1.57 bits per heavy atom. The summed E-state index contributed by atoms with van der Waals surface area (Å²) in [7, 11) is 0. The zero-order valence-corrected chi connectivity index (χ0v) is 24.6. The van der Waals surface area contributed by atoms with Crippen molar-refractivity contribution in [2.45, 2.75) is 77.0 Å². The smallest absolute Gasteiger partial charge is 0.407 e. The zero-order chi connectivity index (χ0) is 29.1. The molecule has 0 bridgehead atoms. The molecule has 0 unspecified atom stereocenters. The van der Waals surface area contributed by atoms with Crippen LogP contribution in [-0.2, 0) is 4.74 Å². The Hall–Kier alpha value is -4.34. The highest BCUT2D eigenvalue weighted by Crippen LogP contribution is 2.36. The SMILES string of the molecule is CC(C)(C)OC(=O)NC1CCN(c2ccc(Nc3ncc4nc(Nc5ccccc5)n(C5CCCC5)c4n3)cc2)CC1. The second kappa shape index (κ2) is 11.9. The van der Waals surface area contributed by atoms with Gasteiger partial charge in [-0.1, -0.05) is 31.0 Å². The van der Waals surface area contributed by atoms with Crippen LogP contribution in [0.15, 0.2) is 60.8 Å². The minimum Gasteiger partial charge on any atom is -0.444 e. The predicted octanol–water partition coefficient (Wildman–Crippen LogP) is 6.92. The summed E-state index contributed by atoms with van der Waals surface area (Å²) >= 11 is 0. The number of imidazole rings is 1. The lowest BCUT2D eigenvalue weighted by atomic mass is 10.0. The molecule has 42 heavy (non-hydrogen) atoms. The van der Waals surface area contributed by atoms with E-state index in [-0.39, 0.29) is 12.1 Å². The maximum Gasteiger partial charge on any atom is 0.407 e. The van der Waals surface area contributed by atoms with Crippen LogP contribution in [0.2, 0.25) is 0 Å². The van der Waals surface area contributed by atoms with Crippen molar-refractivity contribution >= 4 is 46.2 Å². The van der Waals surface area contributed by atoms with Gasteiger partial charge >= 0.3 is 6.09 Å². The van der Waals surface area contributed by atoms with Gasteiger partial charge in [0.05, 0.1) is 6.20 Å². The molecule has 1 aliphatic heterocycles. The number of hydrogen-bond acceptors (Lipinski definition) is 8. The predicted molar refractivity (Wildman–Crippen MR) is 167 cm³/mol. The van der Waals surface area contributed by atoms with Gasteiger partial charge in [0.1, 0.15) is 11.1 Å². The molecule has 10 nitrogen and oxygen atoms in total. The van der Waals surface area contributed by atoms with E-state index in [1.54, 1.807) is 6.20 Å². The van der Waals surface area contributed by atoms with Gasteiger partial charge in [-0.15, -0.1) is 0 Å². The monoisotopic (exact) mass is 568 g/mol. The van der Waals surface area contributed by atoms with Crippen LogP contribution in [0.5, 0.6) is 0 Å². The number of alkyl carbamates (subject to hydrolysis) is 1. The molecule has 1 amide bonds. The molecule has 2 aliphatic rings. The Balaban J connectivity index is 1.12. The van der Waals surface area contributed by atoms with Gasteiger partial charge in [-0.05, 0) is 82.9 Å². The maximum absolute atomic E-state index is 12.1. The second-order valence-electron chi connectivity index (χ2n) is 12.2. The quantitative estimate of drug-likeness (QED) is 0.220. The lowest BCUT2D eigenvalue weighted by Gasteiger charge is -2.34. The molecule has 0 atom stereocenters. The van der Waals surface area contributed by atoms with Crippen LogP contribution in [-0.4, -0.2) is 50.3 Å². The number of benzene rings is 2. The summed E-state index contributed by atoms with van der Waals surface area (Å²) in [6.07, 6.45) is 7.90. The molecule has 3 N–H and O–H groups in total. The van der Waals surface area contributed by atoms with Crippen LogP contribution >= 0.6 is 0 Å². The van der Waals surface area contributed by atoms with Gasteiger partial charge in [0.2, 0.25) is 11.9 Å². The number of rotatable bonds is 7. The molecule has 1 saturated heterocycles. The Labute approximate surface area is 246 Å². The van der Waals surface area contributed by atoms with Gasteiger partial charge in [0.25, 0.3) is 0 Å². The first kappa shape index (κ1) is 27.8. The van der Waals surface area contributed by atoms with Gasteiger partial charge in [-0.25, -0.2) is 14.8 Å². The number of anilines is 5.